The van der Waals surface area contributed by atoms with Crippen LogP contribution < -0.4 is 5.32 Å². The number of nitrogens with zero attached hydrogens (tertiary/aromatic N) is 5. The quantitative estimate of drug-likeness (QED) is 0.286. The summed E-state index contributed by atoms with van der Waals surface area (Å²) in [4.78, 5) is 31.8. The Kier molecular flexibility index (Phi) is 5.56. The number of carbonyl (C=O) groups is 1. The molecule has 33 heavy (non-hydrogen) atoms. The molecule has 11 nitrogen and oxygen atoms in total. The number of amides is 1. The minimum absolute atomic E-state index is 0.0318. The topological polar surface area (TPSA) is 152 Å². The van der Waals surface area contributed by atoms with E-state index in [4.69, 9.17) is 4.84 Å². The number of aromatic amines is 1. The summed E-state index contributed by atoms with van der Waals surface area (Å²) < 4.78 is 25.0. The van der Waals surface area contributed by atoms with Gasteiger partial charge in [-0.25, -0.2) is 23.4 Å². The van der Waals surface area contributed by atoms with Gasteiger partial charge in [-0.05, 0) is 37.1 Å². The van der Waals surface area contributed by atoms with E-state index in [0.29, 0.717) is 39.7 Å². The molecule has 168 valence electrons. The molecule has 1 aromatic carbocycles. The monoisotopic (exact) mass is 483 g/mol. The fraction of sp³-hybridized carbons (Fsp3) is 0.200. The average Bonchev–Trinajstić information content (AvgIpc) is 3.41. The van der Waals surface area contributed by atoms with Crippen molar-refractivity contribution in [3.05, 3.63) is 60.3 Å². The van der Waals surface area contributed by atoms with E-state index in [1.165, 1.54) is 41.9 Å². The van der Waals surface area contributed by atoms with Gasteiger partial charge in [0.25, 0.3) is 5.91 Å². The van der Waals surface area contributed by atoms with E-state index >= 15 is 0 Å². The summed E-state index contributed by atoms with van der Waals surface area (Å²) >= 11 is 1.22. The molecule has 3 heterocycles. The van der Waals surface area contributed by atoms with Gasteiger partial charge in [0, 0.05) is 11.8 Å². The van der Waals surface area contributed by atoms with Crippen LogP contribution >= 0.6 is 11.3 Å². The van der Waals surface area contributed by atoms with Crippen LogP contribution in [0.15, 0.2) is 59.0 Å². The molecule has 1 aliphatic carbocycles. The average molecular weight is 484 g/mol. The van der Waals surface area contributed by atoms with E-state index in [1.54, 1.807) is 18.3 Å². The van der Waals surface area contributed by atoms with Gasteiger partial charge < -0.3 is 4.84 Å². The maximum absolute atomic E-state index is 13.1. The van der Waals surface area contributed by atoms with E-state index in [0.717, 1.165) is 0 Å². The van der Waals surface area contributed by atoms with Gasteiger partial charge in [-0.3, -0.25) is 15.2 Å². The summed E-state index contributed by atoms with van der Waals surface area (Å²) in [6.07, 6.45) is 4.32. The highest BCUT2D eigenvalue weighted by Crippen LogP contribution is 2.33. The number of sulfone groups is 1. The summed E-state index contributed by atoms with van der Waals surface area (Å²) in [5.74, 6) is -0.133. The molecule has 1 saturated carbocycles. The lowest BCUT2D eigenvalue weighted by Crippen LogP contribution is -2.24. The van der Waals surface area contributed by atoms with Gasteiger partial charge in [-0.15, -0.1) is 0 Å². The van der Waals surface area contributed by atoms with E-state index in [9.17, 15) is 13.2 Å². The van der Waals surface area contributed by atoms with Crippen molar-refractivity contribution in [2.75, 3.05) is 5.32 Å². The zero-order chi connectivity index (χ0) is 22.8. The number of anilines is 1. The second-order valence-corrected chi connectivity index (χ2v) is 10.4. The third kappa shape index (κ3) is 4.59. The second kappa shape index (κ2) is 8.67. The highest BCUT2D eigenvalue weighted by Gasteiger charge is 2.36. The van der Waals surface area contributed by atoms with Crippen LogP contribution in [0.5, 0.6) is 0 Å². The molecular formula is C20H17N7O4S2. The molecule has 0 spiro atoms. The van der Waals surface area contributed by atoms with Gasteiger partial charge in [-0.1, -0.05) is 28.6 Å². The van der Waals surface area contributed by atoms with Gasteiger partial charge in [0.1, 0.15) is 16.7 Å². The maximum Gasteiger partial charge on any atom is 0.280 e. The van der Waals surface area contributed by atoms with Gasteiger partial charge in [0.2, 0.25) is 0 Å². The van der Waals surface area contributed by atoms with Crippen LogP contribution in [0.1, 0.15) is 24.2 Å². The van der Waals surface area contributed by atoms with Crippen molar-refractivity contribution in [3.8, 4) is 0 Å². The zero-order valence-corrected chi connectivity index (χ0v) is 18.6. The van der Waals surface area contributed by atoms with Crippen LogP contribution in [0.2, 0.25) is 0 Å². The van der Waals surface area contributed by atoms with Crippen LogP contribution in [0.3, 0.4) is 0 Å². The molecule has 4 aromatic rings. The number of carbonyl (C=O) groups excluding carboxylic acids is 1. The largest absolute Gasteiger partial charge is 0.387 e. The zero-order valence-electron chi connectivity index (χ0n) is 17.0. The molecule has 13 heteroatoms. The fourth-order valence-electron chi connectivity index (χ4n) is 3.04. The molecule has 0 bridgehead atoms. The smallest absolute Gasteiger partial charge is 0.280 e. The number of fused-ring (bicyclic) bond motifs is 1. The summed E-state index contributed by atoms with van der Waals surface area (Å²) in [6, 6.07) is 9.57. The Morgan fingerprint density at radius 2 is 2.03 bits per heavy atom. The van der Waals surface area contributed by atoms with Crippen LogP contribution in [0.25, 0.3) is 10.3 Å². The maximum atomic E-state index is 13.1. The number of H-pyrrole nitrogens is 1. The fourth-order valence-corrected chi connectivity index (χ4v) is 5.50. The van der Waals surface area contributed by atoms with Crippen molar-refractivity contribution in [2.45, 2.75) is 29.6 Å². The Morgan fingerprint density at radius 1 is 1.21 bits per heavy atom. The number of benzene rings is 1. The van der Waals surface area contributed by atoms with Crippen molar-refractivity contribution in [3.63, 3.8) is 0 Å². The number of oxime groups is 1. The first-order chi connectivity index (χ1) is 16.0. The molecule has 2 N–H and O–H groups in total. The summed E-state index contributed by atoms with van der Waals surface area (Å²) in [7, 11) is -3.34. The predicted molar refractivity (Wildman–Crippen MR) is 120 cm³/mol. The van der Waals surface area contributed by atoms with Crippen molar-refractivity contribution in [2.24, 2.45) is 5.16 Å². The predicted octanol–water partition coefficient (Wildman–Crippen LogP) is 2.31. The Morgan fingerprint density at radius 3 is 2.73 bits per heavy atom. The van der Waals surface area contributed by atoms with E-state index in [2.05, 4.69) is 35.6 Å². The van der Waals surface area contributed by atoms with Crippen molar-refractivity contribution in [1.82, 2.24) is 25.1 Å². The SMILES string of the molecule is O=C(Nc1nc2cccnc2s1)C(=NOCc1ncn[nH]1)c1ccc(S(=O)(=O)C2CC2)cc1. The van der Waals surface area contributed by atoms with E-state index in [-0.39, 0.29) is 22.5 Å². The van der Waals surface area contributed by atoms with Gasteiger partial charge in [-0.2, -0.15) is 5.10 Å². The summed E-state index contributed by atoms with van der Waals surface area (Å²) in [5.41, 5.74) is 1.00. The van der Waals surface area contributed by atoms with E-state index < -0.39 is 15.7 Å². The number of rotatable bonds is 8. The Balaban J connectivity index is 1.41. The standard InChI is InChI=1S/C20H17N7O4S2/c28-18(25-20-24-15-2-1-9-21-19(15)32-20)17(27-31-10-16-22-11-23-26-16)12-3-5-13(6-4-12)33(29,30)14-7-8-14/h1-6,9,11,14H,7-8,10H2,(H,22,23,26)(H,24,25,28). The van der Waals surface area contributed by atoms with Crippen LogP contribution in [0.4, 0.5) is 5.13 Å². The van der Waals surface area contributed by atoms with E-state index in [1.807, 2.05) is 0 Å². The molecule has 1 fully saturated rings. The lowest BCUT2D eigenvalue weighted by molar-refractivity contribution is -0.110. The van der Waals surface area contributed by atoms with Crippen LogP contribution in [-0.4, -0.2) is 50.4 Å². The van der Waals surface area contributed by atoms with Crippen molar-refractivity contribution < 1.29 is 18.0 Å². The lowest BCUT2D eigenvalue weighted by Gasteiger charge is -2.08. The normalized spacial score (nSPS) is 14.4. The minimum Gasteiger partial charge on any atom is -0.387 e. The molecule has 1 amide bonds. The van der Waals surface area contributed by atoms with Crippen molar-refractivity contribution >= 4 is 48.3 Å². The molecule has 1 aliphatic rings. The van der Waals surface area contributed by atoms with Crippen molar-refractivity contribution in [1.29, 1.82) is 0 Å². The molecule has 0 unspecified atom stereocenters. The number of aromatic nitrogens is 5. The number of pyridine rings is 1. The van der Waals surface area contributed by atoms with Crippen LogP contribution in [-0.2, 0) is 26.1 Å². The first-order valence-electron chi connectivity index (χ1n) is 9.92. The summed E-state index contributed by atoms with van der Waals surface area (Å²) in [5, 5.41) is 13.1. The highest BCUT2D eigenvalue weighted by atomic mass is 32.2. The second-order valence-electron chi connectivity index (χ2n) is 7.22. The Hall–Kier alpha value is -3.71. The van der Waals surface area contributed by atoms with Gasteiger partial charge >= 0.3 is 0 Å². The molecular weight excluding hydrogens is 466 g/mol. The minimum atomic E-state index is -3.34. The molecule has 0 atom stereocenters. The lowest BCUT2D eigenvalue weighted by atomic mass is 10.1. The van der Waals surface area contributed by atoms with Gasteiger partial charge in [0.05, 0.1) is 10.1 Å². The third-order valence-electron chi connectivity index (χ3n) is 4.84. The van der Waals surface area contributed by atoms with Gasteiger partial charge in [0.15, 0.2) is 33.1 Å². The first kappa shape index (κ1) is 21.2. The Labute approximate surface area is 191 Å². The molecule has 3 aromatic heterocycles. The molecule has 0 radical (unpaired) electrons. The highest BCUT2D eigenvalue weighted by molar-refractivity contribution is 7.92. The number of nitrogens with one attached hydrogen (secondary N) is 2. The molecule has 0 aliphatic heterocycles. The number of hydrogen-bond acceptors (Lipinski definition) is 10. The summed E-state index contributed by atoms with van der Waals surface area (Å²) in [6.45, 7) is -0.0318. The Bertz CT molecular complexity index is 1390. The molecule has 0 saturated heterocycles. The third-order valence-corrected chi connectivity index (χ3v) is 8.02. The first-order valence-corrected chi connectivity index (χ1v) is 12.3. The van der Waals surface area contributed by atoms with Crippen LogP contribution in [0, 0.1) is 0 Å². The molecule has 5 rings (SSSR count). The number of hydrogen-bond donors (Lipinski definition) is 2. The number of thiazole rings is 1.